The van der Waals surface area contributed by atoms with Crippen molar-refractivity contribution in [1.82, 2.24) is 4.98 Å². The largest absolute Gasteiger partial charge is 0.487 e. The molecule has 0 saturated heterocycles. The van der Waals surface area contributed by atoms with Gasteiger partial charge in [-0.25, -0.2) is 4.98 Å². The highest BCUT2D eigenvalue weighted by Crippen LogP contribution is 2.24. The second-order valence-electron chi connectivity index (χ2n) is 4.97. The van der Waals surface area contributed by atoms with Crippen LogP contribution in [0.4, 0.5) is 5.82 Å². The number of ether oxygens (including phenoxy) is 2. The third-order valence-electron chi connectivity index (χ3n) is 2.61. The first-order valence-corrected chi connectivity index (χ1v) is 6.41. The number of hydrogen-bond donors (Lipinski definition) is 1. The lowest BCUT2D eigenvalue weighted by Crippen LogP contribution is -2.31. The van der Waals surface area contributed by atoms with Gasteiger partial charge in [-0.1, -0.05) is 13.8 Å². The van der Waals surface area contributed by atoms with E-state index in [-0.39, 0.29) is 12.1 Å². The molecule has 0 aliphatic heterocycles. The Bertz CT molecular complexity index is 353. The van der Waals surface area contributed by atoms with Gasteiger partial charge in [0, 0.05) is 13.3 Å². The van der Waals surface area contributed by atoms with Crippen LogP contribution in [-0.4, -0.2) is 30.8 Å². The molecule has 0 aliphatic carbocycles. The predicted octanol–water partition coefficient (Wildman–Crippen LogP) is 2.95. The summed E-state index contributed by atoms with van der Waals surface area (Å²) < 4.78 is 11.0. The van der Waals surface area contributed by atoms with Gasteiger partial charge in [0.05, 0.1) is 18.8 Å². The molecule has 0 saturated carbocycles. The standard InChI is InChI=1S/C14H24N2O2/c1-10(2)12(9-17-5)16-14-13(18-11(3)4)7-6-8-15-14/h6-8,10-12H,9H2,1-5H3,(H,15,16). The fraction of sp³-hybridized carbons (Fsp3) is 0.643. The van der Waals surface area contributed by atoms with Gasteiger partial charge in [0.2, 0.25) is 0 Å². The predicted molar refractivity (Wildman–Crippen MR) is 74.1 cm³/mol. The summed E-state index contributed by atoms with van der Waals surface area (Å²) in [6.07, 6.45) is 1.90. The zero-order valence-electron chi connectivity index (χ0n) is 11.9. The Morgan fingerprint density at radius 2 is 2.00 bits per heavy atom. The van der Waals surface area contributed by atoms with Crippen molar-refractivity contribution in [2.75, 3.05) is 19.0 Å². The highest BCUT2D eigenvalue weighted by Gasteiger charge is 2.16. The summed E-state index contributed by atoms with van der Waals surface area (Å²) in [5.41, 5.74) is 0. The number of nitrogens with one attached hydrogen (secondary N) is 1. The Kier molecular flexibility index (Phi) is 5.92. The van der Waals surface area contributed by atoms with E-state index in [1.54, 1.807) is 13.3 Å². The summed E-state index contributed by atoms with van der Waals surface area (Å²) in [7, 11) is 1.71. The van der Waals surface area contributed by atoms with E-state index in [1.165, 1.54) is 0 Å². The summed E-state index contributed by atoms with van der Waals surface area (Å²) >= 11 is 0. The molecule has 1 rings (SSSR count). The molecular formula is C14H24N2O2. The fourth-order valence-corrected chi connectivity index (χ4v) is 1.60. The minimum atomic E-state index is 0.134. The molecule has 18 heavy (non-hydrogen) atoms. The van der Waals surface area contributed by atoms with Crippen LogP contribution in [0.2, 0.25) is 0 Å². The fourth-order valence-electron chi connectivity index (χ4n) is 1.60. The van der Waals surface area contributed by atoms with Crippen LogP contribution in [-0.2, 0) is 4.74 Å². The maximum Gasteiger partial charge on any atom is 0.169 e. The van der Waals surface area contributed by atoms with Crippen LogP contribution in [0, 0.1) is 5.92 Å². The molecular weight excluding hydrogens is 228 g/mol. The average molecular weight is 252 g/mol. The maximum atomic E-state index is 5.74. The second-order valence-corrected chi connectivity index (χ2v) is 4.97. The Balaban J connectivity index is 2.81. The molecule has 1 atom stereocenters. The van der Waals surface area contributed by atoms with E-state index in [9.17, 15) is 0 Å². The summed E-state index contributed by atoms with van der Waals surface area (Å²) in [5, 5.41) is 3.39. The van der Waals surface area contributed by atoms with Gasteiger partial charge in [0.1, 0.15) is 0 Å². The Morgan fingerprint density at radius 1 is 1.28 bits per heavy atom. The number of hydrogen-bond acceptors (Lipinski definition) is 4. The van der Waals surface area contributed by atoms with Crippen LogP contribution >= 0.6 is 0 Å². The Hall–Kier alpha value is -1.29. The smallest absolute Gasteiger partial charge is 0.169 e. The van der Waals surface area contributed by atoms with Gasteiger partial charge >= 0.3 is 0 Å². The second kappa shape index (κ2) is 7.21. The van der Waals surface area contributed by atoms with Gasteiger partial charge in [0.15, 0.2) is 11.6 Å². The minimum Gasteiger partial charge on any atom is -0.487 e. The lowest BCUT2D eigenvalue weighted by Gasteiger charge is -2.23. The lowest BCUT2D eigenvalue weighted by molar-refractivity contribution is 0.170. The molecule has 4 heteroatoms. The molecule has 0 spiro atoms. The van der Waals surface area contributed by atoms with Crippen molar-refractivity contribution in [3.8, 4) is 5.75 Å². The first-order chi connectivity index (χ1) is 8.54. The normalized spacial score (nSPS) is 12.8. The van der Waals surface area contributed by atoms with Crippen LogP contribution in [0.5, 0.6) is 5.75 Å². The van der Waals surface area contributed by atoms with Crippen molar-refractivity contribution >= 4 is 5.82 Å². The minimum absolute atomic E-state index is 0.134. The van der Waals surface area contributed by atoms with Crippen LogP contribution in [0.1, 0.15) is 27.7 Å². The van der Waals surface area contributed by atoms with Crippen molar-refractivity contribution in [2.45, 2.75) is 39.8 Å². The monoisotopic (exact) mass is 252 g/mol. The number of nitrogens with zero attached hydrogens (tertiary/aromatic N) is 1. The Morgan fingerprint density at radius 3 is 2.56 bits per heavy atom. The van der Waals surface area contributed by atoms with Crippen LogP contribution < -0.4 is 10.1 Å². The first-order valence-electron chi connectivity index (χ1n) is 6.41. The van der Waals surface area contributed by atoms with Crippen molar-refractivity contribution in [3.63, 3.8) is 0 Å². The third-order valence-corrected chi connectivity index (χ3v) is 2.61. The van der Waals surface area contributed by atoms with Crippen molar-refractivity contribution < 1.29 is 9.47 Å². The van der Waals surface area contributed by atoms with Gasteiger partial charge in [-0.2, -0.15) is 0 Å². The molecule has 102 valence electrons. The average Bonchev–Trinajstić information content (AvgIpc) is 2.30. The SMILES string of the molecule is COCC(Nc1ncccc1OC(C)C)C(C)C. The molecule has 1 aromatic heterocycles. The van der Waals surface area contributed by atoms with E-state index in [2.05, 4.69) is 24.1 Å². The van der Waals surface area contributed by atoms with Crippen LogP contribution in [0.25, 0.3) is 0 Å². The molecule has 0 aromatic carbocycles. The number of anilines is 1. The molecule has 1 heterocycles. The maximum absolute atomic E-state index is 5.74. The van der Waals surface area contributed by atoms with Crippen molar-refractivity contribution in [1.29, 1.82) is 0 Å². The molecule has 1 N–H and O–H groups in total. The number of aromatic nitrogens is 1. The van der Waals surface area contributed by atoms with Gasteiger partial charge in [-0.3, -0.25) is 0 Å². The van der Waals surface area contributed by atoms with E-state index < -0.39 is 0 Å². The lowest BCUT2D eigenvalue weighted by atomic mass is 10.1. The number of methoxy groups -OCH3 is 1. The van der Waals surface area contributed by atoms with Crippen LogP contribution in [0.15, 0.2) is 18.3 Å². The summed E-state index contributed by atoms with van der Waals surface area (Å²) in [6, 6.07) is 4.03. The van der Waals surface area contributed by atoms with E-state index in [4.69, 9.17) is 9.47 Å². The highest BCUT2D eigenvalue weighted by atomic mass is 16.5. The van der Waals surface area contributed by atoms with Gasteiger partial charge in [-0.05, 0) is 31.9 Å². The summed E-state index contributed by atoms with van der Waals surface area (Å²) in [6.45, 7) is 8.97. The molecule has 0 fully saturated rings. The van der Waals surface area contributed by atoms with Crippen molar-refractivity contribution in [2.24, 2.45) is 5.92 Å². The topological polar surface area (TPSA) is 43.4 Å². The zero-order chi connectivity index (χ0) is 13.5. The van der Waals surface area contributed by atoms with Crippen molar-refractivity contribution in [3.05, 3.63) is 18.3 Å². The first kappa shape index (κ1) is 14.8. The third kappa shape index (κ3) is 4.53. The van der Waals surface area contributed by atoms with E-state index in [0.29, 0.717) is 12.5 Å². The van der Waals surface area contributed by atoms with E-state index in [1.807, 2.05) is 26.0 Å². The molecule has 0 amide bonds. The molecule has 4 nitrogen and oxygen atoms in total. The van der Waals surface area contributed by atoms with Gasteiger partial charge < -0.3 is 14.8 Å². The van der Waals surface area contributed by atoms with E-state index in [0.717, 1.165) is 11.6 Å². The number of rotatable bonds is 7. The summed E-state index contributed by atoms with van der Waals surface area (Å²) in [5.74, 6) is 2.02. The van der Waals surface area contributed by atoms with E-state index >= 15 is 0 Å². The molecule has 0 bridgehead atoms. The highest BCUT2D eigenvalue weighted by molar-refractivity contribution is 5.50. The Labute approximate surface area is 110 Å². The van der Waals surface area contributed by atoms with Gasteiger partial charge in [0.25, 0.3) is 0 Å². The molecule has 0 aliphatic rings. The molecule has 1 aromatic rings. The molecule has 0 radical (unpaired) electrons. The zero-order valence-corrected chi connectivity index (χ0v) is 11.9. The van der Waals surface area contributed by atoms with Crippen LogP contribution in [0.3, 0.4) is 0 Å². The summed E-state index contributed by atoms with van der Waals surface area (Å²) in [4.78, 5) is 4.34. The van der Waals surface area contributed by atoms with Gasteiger partial charge in [-0.15, -0.1) is 0 Å². The molecule has 1 unspecified atom stereocenters. The quantitative estimate of drug-likeness (QED) is 0.810. The number of pyridine rings is 1.